The maximum absolute atomic E-state index is 12.8. The Morgan fingerprint density at radius 2 is 1.02 bits per heavy atom. The van der Waals surface area contributed by atoms with E-state index in [0.717, 1.165) is 139 Å². The number of H-pyrrole nitrogens is 2. The molecule has 0 bridgehead atoms. The number of aryl methyl sites for hydroxylation is 2. The molecule has 12 aromatic rings. The number of fused-ring (bicyclic) bond motifs is 4. The molecule has 0 spiro atoms. The predicted octanol–water partition coefficient (Wildman–Crippen LogP) is 16.1. The average molecular weight is 1850 g/mol. The van der Waals surface area contributed by atoms with Crippen molar-refractivity contribution < 1.29 is 24.9 Å². The van der Waals surface area contributed by atoms with Crippen LogP contribution in [0.1, 0.15) is 170 Å². The summed E-state index contributed by atoms with van der Waals surface area (Å²) in [5.41, 5.74) is 14.7. The second-order valence-corrected chi connectivity index (χ2v) is 40.2. The van der Waals surface area contributed by atoms with Gasteiger partial charge in [-0.3, -0.25) is 38.8 Å². The van der Waals surface area contributed by atoms with Crippen molar-refractivity contribution in [3.05, 3.63) is 280 Å². The van der Waals surface area contributed by atoms with E-state index in [4.69, 9.17) is 53.1 Å². The highest BCUT2D eigenvalue weighted by atomic mass is 35.5. The van der Waals surface area contributed by atoms with Crippen LogP contribution in [0.25, 0.3) is 51.5 Å². The van der Waals surface area contributed by atoms with Gasteiger partial charge in [0, 0.05) is 145 Å². The average Bonchev–Trinajstić information content (AvgIpc) is 1.56. The van der Waals surface area contributed by atoms with Gasteiger partial charge >= 0.3 is 0 Å². The van der Waals surface area contributed by atoms with Gasteiger partial charge in [0.05, 0.1) is 31.3 Å². The quantitative estimate of drug-likeness (QED) is 0.0320. The number of aliphatic imine (C=N–C) groups is 2. The van der Waals surface area contributed by atoms with E-state index < -0.39 is 6.10 Å². The van der Waals surface area contributed by atoms with Crippen LogP contribution in [-0.2, 0) is 33.0 Å². The Hall–Kier alpha value is -12.9. The number of halogens is 2. The van der Waals surface area contributed by atoms with Gasteiger partial charge in [0.25, 0.3) is 17.0 Å². The molecule has 1 atom stereocenters. The van der Waals surface area contributed by atoms with Crippen LogP contribution in [0.15, 0.2) is 218 Å². The Labute approximate surface area is 791 Å². The number of piperidine rings is 2. The molecule has 3 fully saturated rings. The minimum absolute atomic E-state index is 0.0406. The van der Waals surface area contributed by atoms with Gasteiger partial charge in [0.1, 0.15) is 17.4 Å². The summed E-state index contributed by atoms with van der Waals surface area (Å²) in [5, 5.41) is 50.4. The number of hydrogen-bond acceptors (Lipinski definition) is 23. The summed E-state index contributed by atoms with van der Waals surface area (Å²) in [6.07, 6.45) is 6.63. The first-order chi connectivity index (χ1) is 63.8. The molecule has 134 heavy (non-hydrogen) atoms. The lowest BCUT2D eigenvalue weighted by Crippen LogP contribution is -2.57. The number of carbonyl (C=O) groups is 2. The normalized spacial score (nSPS) is 16.0. The first-order valence-corrected chi connectivity index (χ1v) is 46.8. The zero-order valence-corrected chi connectivity index (χ0v) is 80.3. The van der Waals surface area contributed by atoms with E-state index >= 15 is 0 Å². The second kappa shape index (κ2) is 40.9. The monoisotopic (exact) mass is 1850 g/mol. The molecule has 0 saturated carbocycles. The number of carbonyl (C=O) groups excluding carboxylic acids is 2. The molecular formula is C103H122Cl2N22O7. The number of anilines is 4. The zero-order chi connectivity index (χ0) is 95.1. The summed E-state index contributed by atoms with van der Waals surface area (Å²) in [6.45, 7) is 38.8. The molecule has 6 aliphatic rings. The number of amidine groups is 1. The van der Waals surface area contributed by atoms with Crippen LogP contribution >= 0.6 is 23.2 Å². The molecule has 3 saturated heterocycles. The minimum Gasteiger partial charge on any atom is -0.510 e. The van der Waals surface area contributed by atoms with E-state index in [-0.39, 0.29) is 68.9 Å². The second-order valence-electron chi connectivity index (χ2n) is 39.4. The summed E-state index contributed by atoms with van der Waals surface area (Å²) < 4.78 is 4.94. The predicted molar refractivity (Wildman–Crippen MR) is 534 cm³/mol. The molecule has 1 unspecified atom stereocenters. The lowest BCUT2D eigenvalue weighted by Gasteiger charge is -2.44. The third kappa shape index (κ3) is 24.0. The molecule has 0 radical (unpaired) electrons. The molecular weight excluding hydrogens is 1730 g/mol. The number of guanidine groups is 1. The minimum atomic E-state index is -0.710. The lowest BCUT2D eigenvalue weighted by atomic mass is 9.86. The van der Waals surface area contributed by atoms with E-state index in [0.29, 0.717) is 107 Å². The van der Waals surface area contributed by atoms with Crippen molar-refractivity contribution in [2.45, 2.75) is 175 Å². The van der Waals surface area contributed by atoms with Crippen LogP contribution < -0.4 is 38.0 Å². The van der Waals surface area contributed by atoms with E-state index in [2.05, 4.69) is 206 Å². The van der Waals surface area contributed by atoms with Crippen molar-refractivity contribution in [3.8, 4) is 34.2 Å². The van der Waals surface area contributed by atoms with Crippen molar-refractivity contribution in [2.75, 3.05) is 99.8 Å². The van der Waals surface area contributed by atoms with Crippen molar-refractivity contribution in [3.63, 3.8) is 0 Å². The van der Waals surface area contributed by atoms with Crippen molar-refractivity contribution in [2.24, 2.45) is 20.9 Å². The van der Waals surface area contributed by atoms with E-state index in [9.17, 15) is 34.5 Å². The molecule has 9 N–H and O–H groups in total. The highest BCUT2D eigenvalue weighted by Crippen LogP contribution is 2.34. The maximum atomic E-state index is 12.8. The molecule has 1 amide bonds. The number of nitrogens with zero attached hydrogens (tertiary/aromatic N) is 16. The highest BCUT2D eigenvalue weighted by molar-refractivity contribution is 6.31. The zero-order valence-electron chi connectivity index (χ0n) is 78.8. The standard InChI is InChI=1S/C28H31N5O2.C27H30ClN5O.C25H29ClN6O2.C23H32N6O2/c1-28(2,3)21-11-9-19(10-12-21)25-30-24-17-23(34)18-33(24)27(31-25)29-22-13-15-32(16-14-22)26(35)20-7-5-4-6-8-20;1-17-11-21(9-10-23(17)28)29-13-18-14-32(15-18)26-31-25(30-24-12-22(34)16-33(24)26)19-5-7-20(8-6-19)27(2,3)4;1-15-11-18(9-10-20(15)26)27-13-19(33)14-28-24-30-23(29-21-12-22(34)31-32(21)24)16-5-7-17(8-6-16)25(2,3)4;1-23(2,3)17-7-5-16(6-8-17)21-25-19-15-20(31)27-29(19)22(26-21)24-11-4-12-28-13-9-18(30)10-14-28/h4-12,17,22,34H,13-16,18H2,1-3H3;5-12,18,29H,13-16H2,1-4H3;5-12,19,27,33H,13-14H2,1-4H3,(H,31,34)(H,28,29,30);5-8,15,18,30H,4,9-14H2,1-3H3,(H,27,31)(H,24,25,26). The van der Waals surface area contributed by atoms with Crippen LogP contribution in [0.2, 0.25) is 10.0 Å². The number of aromatic amines is 2. The fourth-order valence-corrected chi connectivity index (χ4v) is 16.7. The molecule has 18 rings (SSSR count). The summed E-state index contributed by atoms with van der Waals surface area (Å²) in [4.78, 5) is 99.7. The first kappa shape index (κ1) is 95.7. The fraction of sp³-hybridized carbons (Fsp3) is 0.388. The first-order valence-electron chi connectivity index (χ1n) is 46.1. The Morgan fingerprint density at radius 1 is 0.537 bits per heavy atom. The molecule has 11 heterocycles. The largest absolute Gasteiger partial charge is 0.510 e. The van der Waals surface area contributed by atoms with Gasteiger partial charge in [-0.05, 0) is 156 Å². The van der Waals surface area contributed by atoms with Gasteiger partial charge < -0.3 is 51.3 Å². The Bertz CT molecular complexity index is 6550. The number of amides is 1. The number of benzene rings is 7. The number of allylic oxidation sites excluding steroid dienone is 1. The Balaban J connectivity index is 0.000000136. The van der Waals surface area contributed by atoms with E-state index in [1.807, 2.05) is 125 Å². The third-order valence-corrected chi connectivity index (χ3v) is 25.5. The van der Waals surface area contributed by atoms with Crippen LogP contribution in [0.3, 0.4) is 0 Å². The van der Waals surface area contributed by atoms with Gasteiger partial charge in [-0.25, -0.2) is 34.0 Å². The van der Waals surface area contributed by atoms with Gasteiger partial charge in [-0.1, -0.05) is 222 Å². The van der Waals surface area contributed by atoms with E-state index in [1.54, 1.807) is 16.7 Å². The number of rotatable bonds is 20. The molecule has 29 nitrogen and oxygen atoms in total. The summed E-state index contributed by atoms with van der Waals surface area (Å²) in [5.74, 6) is 6.34. The smallest absolute Gasteiger partial charge is 0.266 e. The van der Waals surface area contributed by atoms with Crippen molar-refractivity contribution in [1.82, 2.24) is 73.3 Å². The molecule has 31 heteroatoms. The molecule has 700 valence electrons. The number of aliphatic hydroxyl groups is 3. The van der Waals surface area contributed by atoms with Crippen molar-refractivity contribution in [1.29, 1.82) is 0 Å². The molecule has 7 aromatic carbocycles. The maximum Gasteiger partial charge on any atom is 0.266 e. The number of aromatic nitrogens is 11. The summed E-state index contributed by atoms with van der Waals surface area (Å²) in [6, 6.07) is 57.1. The van der Waals surface area contributed by atoms with Crippen LogP contribution in [-0.4, -0.2) is 209 Å². The number of nitrogens with one attached hydrogen (secondary N) is 6. The topological polar surface area (TPSA) is 350 Å². The SMILES string of the molecule is CC(C)(C)c1ccc(-c2nc(NCCCN3CCC(O)CC3)n3[nH]c(=O)cc3n2)cc1.CC(C)(C)c1ccc(-c2nc3n(c(=NC4CCN(C(=O)c5ccccc5)CC4)n2)CC(O)=C3)cc1.Cc1cc(NCC(O)CNc2nc(-c3ccc(C(C)(C)C)cc3)nc3cc(=O)[nH]n23)ccc1Cl.Cc1cc(NCC2CN(C3=NC(c4ccc(C(C)(C)C)cc4)=NC4=CC(=O)CN43)C2)ccc1Cl. The van der Waals surface area contributed by atoms with Crippen LogP contribution in [0, 0.1) is 19.8 Å². The van der Waals surface area contributed by atoms with Crippen LogP contribution in [0.5, 0.6) is 0 Å². The fourth-order valence-electron chi connectivity index (χ4n) is 16.4. The highest BCUT2D eigenvalue weighted by Gasteiger charge is 2.39. The Kier molecular flexibility index (Phi) is 29.2. The van der Waals surface area contributed by atoms with Crippen molar-refractivity contribution >= 4 is 87.3 Å². The third-order valence-electron chi connectivity index (χ3n) is 24.6. The number of hydrogen-bond donors (Lipinski definition) is 9. The van der Waals surface area contributed by atoms with Gasteiger partial charge in [-0.2, -0.15) is 19.9 Å². The van der Waals surface area contributed by atoms with Crippen LogP contribution in [0.4, 0.5) is 23.3 Å². The van der Waals surface area contributed by atoms with Gasteiger partial charge in [0.2, 0.25) is 23.5 Å². The summed E-state index contributed by atoms with van der Waals surface area (Å²) >= 11 is 12.2. The molecule has 5 aromatic heterocycles. The van der Waals surface area contributed by atoms with Gasteiger partial charge in [-0.15, -0.1) is 0 Å². The lowest BCUT2D eigenvalue weighted by molar-refractivity contribution is -0.113. The van der Waals surface area contributed by atoms with Gasteiger partial charge in [0.15, 0.2) is 40.4 Å². The van der Waals surface area contributed by atoms with E-state index in [1.165, 1.54) is 38.9 Å². The number of ketones is 1. The molecule has 0 aliphatic carbocycles. The molecule has 6 aliphatic heterocycles. The Morgan fingerprint density at radius 3 is 1.53 bits per heavy atom. The number of likely N-dealkylation sites (tertiary alicyclic amines) is 3. The summed E-state index contributed by atoms with van der Waals surface area (Å²) in [7, 11) is 0. The number of aliphatic hydroxyl groups excluding tert-OH is 3.